The molecule has 1 aromatic carbocycles. The molecule has 82 valence electrons. The minimum absolute atomic E-state index is 0.624. The van der Waals surface area contributed by atoms with Crippen LogP contribution in [-0.4, -0.2) is 14.4 Å². The minimum Gasteiger partial charge on any atom is -0.340 e. The molecule has 0 radical (unpaired) electrons. The smallest absolute Gasteiger partial charge is 0.125 e. The predicted molar refractivity (Wildman–Crippen MR) is 61.6 cm³/mol. The number of nitrogens with one attached hydrogen (secondary N) is 3. The molecule has 16 heavy (non-hydrogen) atoms. The number of nitrogens with zero attached hydrogens (tertiary/aromatic N) is 1. The quantitative estimate of drug-likeness (QED) is 0.733. The number of H-pyrrole nitrogens is 1. The van der Waals surface area contributed by atoms with Gasteiger partial charge in [-0.05, 0) is 12.1 Å². The van der Waals surface area contributed by atoms with Gasteiger partial charge >= 0.3 is 0 Å². The van der Waals surface area contributed by atoms with Crippen molar-refractivity contribution in [3.05, 3.63) is 36.0 Å². The molecule has 0 amide bonds. The largest absolute Gasteiger partial charge is 0.340 e. The highest BCUT2D eigenvalue weighted by Crippen LogP contribution is 2.28. The zero-order valence-corrected chi connectivity index (χ0v) is 9.17. The van der Waals surface area contributed by atoms with Gasteiger partial charge in [-0.2, -0.15) is 5.10 Å². The van der Waals surface area contributed by atoms with Crippen LogP contribution >= 0.6 is 0 Å². The van der Waals surface area contributed by atoms with Crippen LogP contribution < -0.4 is 10.0 Å². The molecule has 1 atom stereocenters. The summed E-state index contributed by atoms with van der Waals surface area (Å²) < 4.78 is 14.5. The zero-order chi connectivity index (χ0) is 11.0. The number of hydrogen-bond acceptors (Lipinski definition) is 3. The lowest BCUT2D eigenvalue weighted by Gasteiger charge is -2.07. The van der Waals surface area contributed by atoms with E-state index in [-0.39, 0.29) is 0 Å². The Labute approximate surface area is 94.9 Å². The second-order valence-electron chi connectivity index (χ2n) is 3.47. The van der Waals surface area contributed by atoms with Crippen LogP contribution in [0.3, 0.4) is 0 Å². The zero-order valence-electron chi connectivity index (χ0n) is 8.36. The second-order valence-corrected chi connectivity index (χ2v) is 4.73. The minimum atomic E-state index is -1.07. The van der Waals surface area contributed by atoms with Gasteiger partial charge in [0, 0.05) is 23.9 Å². The van der Waals surface area contributed by atoms with E-state index < -0.39 is 11.0 Å². The summed E-state index contributed by atoms with van der Waals surface area (Å²) in [5, 5.41) is 9.91. The average Bonchev–Trinajstić information content (AvgIpc) is 2.90. The third-order valence-electron chi connectivity index (χ3n) is 2.48. The van der Waals surface area contributed by atoms with Crippen LogP contribution in [0.1, 0.15) is 5.56 Å². The van der Waals surface area contributed by atoms with Gasteiger partial charge in [0.05, 0.1) is 11.1 Å². The van der Waals surface area contributed by atoms with Gasteiger partial charge in [0.2, 0.25) is 0 Å². The van der Waals surface area contributed by atoms with Gasteiger partial charge in [-0.3, -0.25) is 5.10 Å². The van der Waals surface area contributed by atoms with Crippen molar-refractivity contribution in [2.24, 2.45) is 0 Å². The van der Waals surface area contributed by atoms with Gasteiger partial charge < -0.3 is 5.32 Å². The predicted octanol–water partition coefficient (Wildman–Crippen LogP) is 1.28. The van der Waals surface area contributed by atoms with E-state index in [0.717, 1.165) is 22.0 Å². The molecule has 5 nitrogen and oxygen atoms in total. The summed E-state index contributed by atoms with van der Waals surface area (Å²) >= 11 is 0. The van der Waals surface area contributed by atoms with E-state index in [0.29, 0.717) is 6.54 Å². The van der Waals surface area contributed by atoms with Crippen LogP contribution in [0.4, 0.5) is 11.5 Å². The van der Waals surface area contributed by atoms with Crippen LogP contribution in [0.2, 0.25) is 0 Å². The van der Waals surface area contributed by atoms with E-state index in [4.69, 9.17) is 0 Å². The molecule has 0 saturated carbocycles. The molecule has 0 aliphatic carbocycles. The molecule has 2 heterocycles. The lowest BCUT2D eigenvalue weighted by atomic mass is 10.2. The molecule has 1 aliphatic heterocycles. The molecule has 0 saturated heterocycles. The summed E-state index contributed by atoms with van der Waals surface area (Å²) in [4.78, 5) is 0.851. The molecule has 3 N–H and O–H groups in total. The molecule has 1 aromatic heterocycles. The van der Waals surface area contributed by atoms with Crippen LogP contribution in [-0.2, 0) is 17.5 Å². The summed E-state index contributed by atoms with van der Waals surface area (Å²) in [6.07, 6.45) is 1.68. The Bertz CT molecular complexity index is 538. The number of fused-ring (bicyclic) bond motifs is 1. The first-order chi connectivity index (χ1) is 7.84. The van der Waals surface area contributed by atoms with E-state index in [1.165, 1.54) is 0 Å². The van der Waals surface area contributed by atoms with Gasteiger partial charge in [0.1, 0.15) is 16.8 Å². The lowest BCUT2D eigenvalue weighted by Crippen LogP contribution is -2.05. The fourth-order valence-electron chi connectivity index (χ4n) is 1.72. The number of hydrogen-bond donors (Lipinski definition) is 3. The topological polar surface area (TPSA) is 69.8 Å². The molecule has 3 rings (SSSR count). The van der Waals surface area contributed by atoms with Crippen LogP contribution in [0, 0.1) is 0 Å². The number of anilines is 2. The molecular formula is C10H10N4OS. The summed E-state index contributed by atoms with van der Waals surface area (Å²) in [6, 6.07) is 7.58. The molecular weight excluding hydrogens is 224 g/mol. The Morgan fingerprint density at radius 3 is 3.12 bits per heavy atom. The number of rotatable bonds is 2. The Morgan fingerprint density at radius 1 is 1.38 bits per heavy atom. The molecule has 0 spiro atoms. The maximum atomic E-state index is 11.6. The van der Waals surface area contributed by atoms with Crippen molar-refractivity contribution in [2.75, 3.05) is 5.32 Å². The molecule has 1 aliphatic rings. The third-order valence-corrected chi connectivity index (χ3v) is 3.67. The monoisotopic (exact) mass is 234 g/mol. The van der Waals surface area contributed by atoms with Crippen molar-refractivity contribution in [1.29, 1.82) is 0 Å². The van der Waals surface area contributed by atoms with Gasteiger partial charge in [-0.1, -0.05) is 6.07 Å². The number of benzene rings is 1. The van der Waals surface area contributed by atoms with Gasteiger partial charge in [0.25, 0.3) is 0 Å². The maximum Gasteiger partial charge on any atom is 0.125 e. The standard InChI is InChI=1S/C10H10N4OS/c15-16-9-3-1-2-8(7(9)6-12-16)13-10-4-5-11-14-10/h1-5,12H,6H2,(H2,11,13,14). The second kappa shape index (κ2) is 3.73. The van der Waals surface area contributed by atoms with E-state index in [2.05, 4.69) is 20.2 Å². The third kappa shape index (κ3) is 1.52. The maximum absolute atomic E-state index is 11.6. The van der Waals surface area contributed by atoms with Gasteiger partial charge in [-0.15, -0.1) is 0 Å². The Kier molecular flexibility index (Phi) is 2.23. The fourth-order valence-corrected chi connectivity index (χ4v) is 2.76. The first kappa shape index (κ1) is 9.56. The Hall–Kier alpha value is -1.66. The van der Waals surface area contributed by atoms with Crippen LogP contribution in [0.25, 0.3) is 0 Å². The Morgan fingerprint density at radius 2 is 2.31 bits per heavy atom. The highest BCUT2D eigenvalue weighted by Gasteiger charge is 2.20. The van der Waals surface area contributed by atoms with Crippen molar-refractivity contribution in [3.63, 3.8) is 0 Å². The summed E-state index contributed by atoms with van der Waals surface area (Å²) in [5.74, 6) is 0.825. The lowest BCUT2D eigenvalue weighted by molar-refractivity contribution is 0.678. The van der Waals surface area contributed by atoms with Gasteiger partial charge in [0.15, 0.2) is 0 Å². The molecule has 6 heteroatoms. The molecule has 0 fully saturated rings. The van der Waals surface area contributed by atoms with Crippen molar-refractivity contribution < 1.29 is 4.21 Å². The van der Waals surface area contributed by atoms with Crippen molar-refractivity contribution >= 4 is 22.5 Å². The van der Waals surface area contributed by atoms with Crippen molar-refractivity contribution in [1.82, 2.24) is 14.9 Å². The van der Waals surface area contributed by atoms with E-state index in [9.17, 15) is 4.21 Å². The van der Waals surface area contributed by atoms with Gasteiger partial charge in [-0.25, -0.2) is 8.93 Å². The highest BCUT2D eigenvalue weighted by molar-refractivity contribution is 7.83. The summed E-state index contributed by atoms with van der Waals surface area (Å²) in [6.45, 7) is 0.624. The summed E-state index contributed by atoms with van der Waals surface area (Å²) in [5.41, 5.74) is 2.01. The van der Waals surface area contributed by atoms with Crippen molar-refractivity contribution in [2.45, 2.75) is 11.4 Å². The van der Waals surface area contributed by atoms with Crippen LogP contribution in [0.5, 0.6) is 0 Å². The molecule has 2 aromatic rings. The number of aromatic amines is 1. The first-order valence-electron chi connectivity index (χ1n) is 4.88. The average molecular weight is 234 g/mol. The van der Waals surface area contributed by atoms with E-state index >= 15 is 0 Å². The SMILES string of the molecule is O=S1NCc2c(Nc3ccn[nH]3)cccc21. The van der Waals surface area contributed by atoms with E-state index in [1.807, 2.05) is 24.3 Å². The highest BCUT2D eigenvalue weighted by atomic mass is 32.2. The normalized spacial score (nSPS) is 18.4. The van der Waals surface area contributed by atoms with Crippen LogP contribution in [0.15, 0.2) is 35.4 Å². The van der Waals surface area contributed by atoms with E-state index in [1.54, 1.807) is 6.20 Å². The first-order valence-corrected chi connectivity index (χ1v) is 6.03. The Balaban J connectivity index is 2.00. The van der Waals surface area contributed by atoms with Crippen molar-refractivity contribution in [3.8, 4) is 0 Å². The number of aromatic nitrogens is 2. The fraction of sp³-hybridized carbons (Fsp3) is 0.100. The summed E-state index contributed by atoms with van der Waals surface area (Å²) in [7, 11) is -1.07. The molecule has 1 unspecified atom stereocenters. The molecule has 0 bridgehead atoms.